The Labute approximate surface area is 177 Å². The molecular formula is C25H30Hf. The molecular weight excluding hydrogens is 479 g/mol. The van der Waals surface area contributed by atoms with Crippen LogP contribution < -0.4 is 0 Å². The predicted molar refractivity (Wildman–Crippen MR) is 108 cm³/mol. The SMILES string of the molecule is CCC1(CC)Cc2cc3c(cc2C1)C(CC(C)c1ccccc1)C=C3.[Hf]. The Morgan fingerprint density at radius 3 is 2.31 bits per heavy atom. The summed E-state index contributed by atoms with van der Waals surface area (Å²) in [5.74, 6) is 1.18. The number of fused-ring (bicyclic) bond motifs is 2. The topological polar surface area (TPSA) is 0 Å². The monoisotopic (exact) mass is 510 g/mol. The third-order valence-corrected chi connectivity index (χ3v) is 6.92. The minimum Gasteiger partial charge on any atom is -0.0764 e. The largest absolute Gasteiger partial charge is 0.0764 e. The minimum absolute atomic E-state index is 0. The molecule has 0 heterocycles. The first kappa shape index (κ1) is 19.8. The minimum atomic E-state index is 0. The van der Waals surface area contributed by atoms with Crippen LogP contribution in [0, 0.1) is 5.41 Å². The fourth-order valence-corrected chi connectivity index (χ4v) is 4.97. The molecule has 134 valence electrons. The normalized spacial score (nSPS) is 20.3. The van der Waals surface area contributed by atoms with Crippen LogP contribution in [0.15, 0.2) is 48.5 Å². The smallest absolute Gasteiger partial charge is 0.00330 e. The van der Waals surface area contributed by atoms with Gasteiger partial charge in [-0.1, -0.05) is 75.4 Å². The molecule has 0 fully saturated rings. The molecule has 0 saturated carbocycles. The molecule has 0 amide bonds. The fraction of sp³-hybridized carbons (Fsp3) is 0.440. The van der Waals surface area contributed by atoms with Crippen LogP contribution in [0.25, 0.3) is 6.08 Å². The predicted octanol–water partition coefficient (Wildman–Crippen LogP) is 6.89. The van der Waals surface area contributed by atoms with Crippen molar-refractivity contribution in [2.24, 2.45) is 5.41 Å². The van der Waals surface area contributed by atoms with Gasteiger partial charge in [-0.15, -0.1) is 0 Å². The second-order valence-corrected chi connectivity index (χ2v) is 8.32. The second kappa shape index (κ2) is 7.97. The van der Waals surface area contributed by atoms with Gasteiger partial charge in [-0.25, -0.2) is 0 Å². The van der Waals surface area contributed by atoms with E-state index < -0.39 is 0 Å². The van der Waals surface area contributed by atoms with Gasteiger partial charge >= 0.3 is 0 Å². The average Bonchev–Trinajstić information content (AvgIpc) is 3.21. The number of hydrogen-bond acceptors (Lipinski definition) is 0. The molecule has 26 heavy (non-hydrogen) atoms. The van der Waals surface area contributed by atoms with Crippen LogP contribution in [0.4, 0.5) is 0 Å². The fourth-order valence-electron chi connectivity index (χ4n) is 4.97. The van der Waals surface area contributed by atoms with Gasteiger partial charge in [-0.2, -0.15) is 0 Å². The Balaban J connectivity index is 0.00000196. The van der Waals surface area contributed by atoms with E-state index in [0.717, 1.165) is 0 Å². The number of hydrogen-bond donors (Lipinski definition) is 0. The molecule has 0 bridgehead atoms. The first-order valence-corrected chi connectivity index (χ1v) is 10.0. The quantitative estimate of drug-likeness (QED) is 0.386. The second-order valence-electron chi connectivity index (χ2n) is 8.32. The van der Waals surface area contributed by atoms with E-state index in [1.54, 1.807) is 16.7 Å². The maximum atomic E-state index is 2.56. The summed E-state index contributed by atoms with van der Waals surface area (Å²) < 4.78 is 0. The Hall–Kier alpha value is -0.950. The van der Waals surface area contributed by atoms with Gasteiger partial charge in [0.25, 0.3) is 0 Å². The van der Waals surface area contributed by atoms with Gasteiger partial charge in [0.15, 0.2) is 0 Å². The Bertz CT molecular complexity index is 783. The zero-order valence-corrected chi connectivity index (χ0v) is 20.0. The van der Waals surface area contributed by atoms with Gasteiger partial charge in [-0.05, 0) is 71.3 Å². The molecule has 0 aromatic heterocycles. The van der Waals surface area contributed by atoms with Crippen molar-refractivity contribution in [3.8, 4) is 0 Å². The summed E-state index contributed by atoms with van der Waals surface area (Å²) in [6.45, 7) is 7.11. The summed E-state index contributed by atoms with van der Waals surface area (Å²) in [6.07, 6.45) is 11.2. The van der Waals surface area contributed by atoms with Crippen LogP contribution in [0.1, 0.15) is 79.7 Å². The number of allylic oxidation sites excluding steroid dienone is 1. The van der Waals surface area contributed by atoms with Gasteiger partial charge in [0.05, 0.1) is 0 Å². The molecule has 0 saturated heterocycles. The Kier molecular flexibility index (Phi) is 6.07. The molecule has 0 N–H and O–H groups in total. The van der Waals surface area contributed by atoms with E-state index in [-0.39, 0.29) is 25.8 Å². The Morgan fingerprint density at radius 2 is 1.65 bits per heavy atom. The van der Waals surface area contributed by atoms with Crippen molar-refractivity contribution < 1.29 is 25.8 Å². The van der Waals surface area contributed by atoms with Crippen molar-refractivity contribution >= 4 is 6.08 Å². The molecule has 2 aliphatic carbocycles. The third-order valence-electron chi connectivity index (χ3n) is 6.92. The van der Waals surface area contributed by atoms with Crippen LogP contribution in [0.2, 0.25) is 0 Å². The summed E-state index contributed by atoms with van der Waals surface area (Å²) in [6, 6.07) is 16.0. The molecule has 4 rings (SSSR count). The van der Waals surface area contributed by atoms with E-state index in [1.165, 1.54) is 43.2 Å². The molecule has 0 aliphatic heterocycles. The molecule has 2 unspecified atom stereocenters. The van der Waals surface area contributed by atoms with Crippen LogP contribution in [0.5, 0.6) is 0 Å². The van der Waals surface area contributed by atoms with Crippen molar-refractivity contribution in [2.45, 2.75) is 64.7 Å². The van der Waals surface area contributed by atoms with Crippen LogP contribution >= 0.6 is 0 Å². The number of rotatable bonds is 5. The van der Waals surface area contributed by atoms with Crippen molar-refractivity contribution in [3.63, 3.8) is 0 Å². The van der Waals surface area contributed by atoms with E-state index >= 15 is 0 Å². The van der Waals surface area contributed by atoms with Gasteiger partial charge in [0.1, 0.15) is 0 Å². The summed E-state index contributed by atoms with van der Waals surface area (Å²) in [7, 11) is 0. The first-order valence-electron chi connectivity index (χ1n) is 10.0. The van der Waals surface area contributed by atoms with Crippen molar-refractivity contribution in [1.82, 2.24) is 0 Å². The van der Waals surface area contributed by atoms with Crippen LogP contribution in [-0.2, 0) is 38.7 Å². The van der Waals surface area contributed by atoms with Crippen molar-refractivity contribution in [2.75, 3.05) is 0 Å². The van der Waals surface area contributed by atoms with Gasteiger partial charge in [0.2, 0.25) is 0 Å². The van der Waals surface area contributed by atoms with E-state index in [9.17, 15) is 0 Å². The number of benzene rings is 2. The average molecular weight is 509 g/mol. The molecule has 2 aliphatic rings. The van der Waals surface area contributed by atoms with Crippen LogP contribution in [-0.4, -0.2) is 0 Å². The molecule has 2 aromatic rings. The van der Waals surface area contributed by atoms with Crippen molar-refractivity contribution in [3.05, 3.63) is 76.4 Å². The molecule has 0 nitrogen and oxygen atoms in total. The maximum absolute atomic E-state index is 2.56. The van der Waals surface area contributed by atoms with Gasteiger partial charge in [-0.3, -0.25) is 0 Å². The van der Waals surface area contributed by atoms with E-state index in [0.29, 0.717) is 17.3 Å². The molecule has 0 radical (unpaired) electrons. The molecule has 0 spiro atoms. The first-order chi connectivity index (χ1) is 12.1. The molecule has 2 atom stereocenters. The van der Waals surface area contributed by atoms with Crippen LogP contribution in [0.3, 0.4) is 0 Å². The molecule has 1 heteroatoms. The zero-order valence-electron chi connectivity index (χ0n) is 16.4. The summed E-state index contributed by atoms with van der Waals surface area (Å²) in [5, 5.41) is 0. The summed E-state index contributed by atoms with van der Waals surface area (Å²) in [4.78, 5) is 0. The Morgan fingerprint density at radius 1 is 1.00 bits per heavy atom. The maximum Gasteiger partial charge on any atom is 0.00330 e. The summed E-state index contributed by atoms with van der Waals surface area (Å²) in [5.41, 5.74) is 8.28. The van der Waals surface area contributed by atoms with Gasteiger partial charge in [0, 0.05) is 31.8 Å². The standard InChI is InChI=1S/C25H30.Hf/c1-4-25(5-2)16-22-14-21-12-11-20(24(21)15-23(22)17-25)13-18(3)19-9-7-6-8-10-19;/h6-12,14-15,18,20H,4-5,13,16-17H2,1-3H3;. The van der Waals surface area contributed by atoms with E-state index in [4.69, 9.17) is 0 Å². The van der Waals surface area contributed by atoms with E-state index in [2.05, 4.69) is 75.4 Å². The van der Waals surface area contributed by atoms with Gasteiger partial charge < -0.3 is 0 Å². The molecule has 2 aromatic carbocycles. The summed E-state index contributed by atoms with van der Waals surface area (Å²) >= 11 is 0. The zero-order chi connectivity index (χ0) is 17.4. The van der Waals surface area contributed by atoms with Crippen molar-refractivity contribution in [1.29, 1.82) is 0 Å². The van der Waals surface area contributed by atoms with E-state index in [1.807, 2.05) is 0 Å². The third kappa shape index (κ3) is 3.57.